The summed E-state index contributed by atoms with van der Waals surface area (Å²) in [5.41, 5.74) is -0.766. The molecule has 3 N–H and O–H groups in total. The first kappa shape index (κ1) is 17.6. The van der Waals surface area contributed by atoms with Crippen LogP contribution in [0.1, 0.15) is 30.9 Å². The number of amides is 3. The molecule has 2 aromatic heterocycles. The molecule has 0 unspecified atom stereocenters. The van der Waals surface area contributed by atoms with Gasteiger partial charge in [0, 0.05) is 28.7 Å². The van der Waals surface area contributed by atoms with Crippen LogP contribution in [0.2, 0.25) is 0 Å². The van der Waals surface area contributed by atoms with Gasteiger partial charge in [0.25, 0.3) is 5.91 Å². The Morgan fingerprint density at radius 1 is 1.31 bits per heavy atom. The second-order valence-corrected chi connectivity index (χ2v) is 7.64. The molecule has 0 spiro atoms. The maximum atomic E-state index is 12.9. The molecular formula is C20H21N5O4. The molecular weight excluding hydrogens is 374 g/mol. The monoisotopic (exact) mass is 395 g/mol. The minimum Gasteiger partial charge on any atom is -0.497 e. The van der Waals surface area contributed by atoms with Crippen LogP contribution in [0.15, 0.2) is 36.8 Å². The van der Waals surface area contributed by atoms with Crippen molar-refractivity contribution in [1.29, 1.82) is 0 Å². The number of imide groups is 1. The smallest absolute Gasteiger partial charge is 0.322 e. The fourth-order valence-corrected chi connectivity index (χ4v) is 4.04. The molecule has 1 atom stereocenters. The van der Waals surface area contributed by atoms with Crippen LogP contribution in [0, 0.1) is 0 Å². The number of carbonyl (C=O) groups excluding carboxylic acids is 2. The second kappa shape index (κ2) is 6.26. The Bertz CT molecular complexity index is 1130. The Hall–Kier alpha value is -3.49. The van der Waals surface area contributed by atoms with Gasteiger partial charge < -0.3 is 19.7 Å². The number of hydrogen-bond donors (Lipinski definition) is 3. The molecule has 29 heavy (non-hydrogen) atoms. The molecule has 1 aliphatic carbocycles. The van der Waals surface area contributed by atoms with Crippen molar-refractivity contribution >= 4 is 22.7 Å². The number of urea groups is 1. The van der Waals surface area contributed by atoms with E-state index in [1.165, 1.54) is 0 Å². The predicted molar refractivity (Wildman–Crippen MR) is 104 cm³/mol. The molecule has 1 saturated carbocycles. The first-order valence-corrected chi connectivity index (χ1v) is 9.54. The summed E-state index contributed by atoms with van der Waals surface area (Å²) in [5.74, 6) is 0.151. The molecule has 0 bridgehead atoms. The summed E-state index contributed by atoms with van der Waals surface area (Å²) < 4.78 is 8.65. The van der Waals surface area contributed by atoms with Crippen molar-refractivity contribution in [3.63, 3.8) is 0 Å². The van der Waals surface area contributed by atoms with Crippen molar-refractivity contribution in [2.45, 2.75) is 37.4 Å². The number of aromatic hydroxyl groups is 1. The third kappa shape index (κ3) is 2.65. The number of nitrogens with one attached hydrogen (secondary N) is 2. The quantitative estimate of drug-likeness (QED) is 0.573. The summed E-state index contributed by atoms with van der Waals surface area (Å²) in [5, 5.41) is 21.7. The van der Waals surface area contributed by atoms with Crippen LogP contribution in [-0.4, -0.2) is 38.5 Å². The Balaban J connectivity index is 1.57. The van der Waals surface area contributed by atoms with Gasteiger partial charge in [-0.25, -0.2) is 4.79 Å². The Labute approximate surface area is 166 Å². The van der Waals surface area contributed by atoms with E-state index in [1.54, 1.807) is 36.2 Å². The van der Waals surface area contributed by atoms with Gasteiger partial charge in [-0.05, 0) is 37.5 Å². The van der Waals surface area contributed by atoms with E-state index >= 15 is 0 Å². The van der Waals surface area contributed by atoms with Crippen LogP contribution < -0.4 is 15.4 Å². The average Bonchev–Trinajstić information content (AvgIpc) is 3.32. The van der Waals surface area contributed by atoms with Gasteiger partial charge in [-0.2, -0.15) is 5.10 Å². The summed E-state index contributed by atoms with van der Waals surface area (Å²) in [6.45, 7) is 0.0315. The summed E-state index contributed by atoms with van der Waals surface area (Å²) in [4.78, 5) is 24.9. The molecule has 0 radical (unpaired) electrons. The molecule has 2 aliphatic rings. The number of aromatic nitrogens is 3. The van der Waals surface area contributed by atoms with E-state index < -0.39 is 17.5 Å². The molecule has 1 saturated heterocycles. The van der Waals surface area contributed by atoms with E-state index in [0.717, 1.165) is 24.6 Å². The molecule has 3 heterocycles. The second-order valence-electron chi connectivity index (χ2n) is 7.64. The first-order chi connectivity index (χ1) is 14.0. The fourth-order valence-electron chi connectivity index (χ4n) is 4.04. The van der Waals surface area contributed by atoms with E-state index in [-0.39, 0.29) is 12.4 Å². The Morgan fingerprint density at radius 3 is 2.79 bits per heavy atom. The van der Waals surface area contributed by atoms with Crippen molar-refractivity contribution in [3.05, 3.63) is 42.4 Å². The lowest BCUT2D eigenvalue weighted by molar-refractivity contribution is -0.124. The van der Waals surface area contributed by atoms with Gasteiger partial charge in [0.1, 0.15) is 5.75 Å². The lowest BCUT2D eigenvalue weighted by Gasteiger charge is -2.27. The van der Waals surface area contributed by atoms with E-state index in [0.29, 0.717) is 22.7 Å². The highest BCUT2D eigenvalue weighted by molar-refractivity contribution is 6.07. The van der Waals surface area contributed by atoms with Crippen molar-refractivity contribution < 1.29 is 19.4 Å². The van der Waals surface area contributed by atoms with Crippen molar-refractivity contribution in [3.8, 4) is 11.6 Å². The molecule has 9 nitrogen and oxygen atoms in total. The normalized spacial score (nSPS) is 21.8. The van der Waals surface area contributed by atoms with E-state index in [2.05, 4.69) is 15.7 Å². The maximum Gasteiger partial charge on any atom is 0.322 e. The molecule has 3 amide bonds. The molecule has 3 aromatic rings. The number of carbonyl (C=O) groups is 2. The van der Waals surface area contributed by atoms with Gasteiger partial charge in [-0.1, -0.05) is 0 Å². The zero-order valence-electron chi connectivity index (χ0n) is 15.9. The topological polar surface area (TPSA) is 110 Å². The molecule has 9 heteroatoms. The summed E-state index contributed by atoms with van der Waals surface area (Å²) in [7, 11) is 1.56. The number of methoxy groups -OCH3 is 1. The standard InChI is InChI=1S/C20H21N5O4/c1-29-15-6-5-12-9-24(17(26)16(12)7-15)11-20(18(27)22-19(28)23-20)13-8-21-25(10-13)14-3-2-4-14/h5-10,14,26H,2-4,11H2,1H3,(H2,22,23,27,28)/t20-/m0/s1. The third-order valence-corrected chi connectivity index (χ3v) is 5.96. The van der Waals surface area contributed by atoms with Crippen LogP contribution in [-0.2, 0) is 16.9 Å². The third-order valence-electron chi connectivity index (χ3n) is 5.96. The summed E-state index contributed by atoms with van der Waals surface area (Å²) >= 11 is 0. The maximum absolute atomic E-state index is 12.9. The molecule has 150 valence electrons. The van der Waals surface area contributed by atoms with Crippen molar-refractivity contribution in [1.82, 2.24) is 25.0 Å². The SMILES string of the molecule is COc1ccc2cn(C[C@@]3(c4cnn(C5CCC5)c4)NC(=O)NC3=O)c(O)c2c1. The van der Waals surface area contributed by atoms with Crippen LogP contribution in [0.5, 0.6) is 11.6 Å². The lowest BCUT2D eigenvalue weighted by atomic mass is 9.91. The molecule has 1 aromatic carbocycles. The zero-order chi connectivity index (χ0) is 20.2. The Morgan fingerprint density at radius 2 is 2.14 bits per heavy atom. The fraction of sp³-hybridized carbons (Fsp3) is 0.350. The van der Waals surface area contributed by atoms with Crippen LogP contribution in [0.3, 0.4) is 0 Å². The number of rotatable bonds is 5. The van der Waals surface area contributed by atoms with E-state index in [1.807, 2.05) is 16.9 Å². The highest BCUT2D eigenvalue weighted by atomic mass is 16.5. The van der Waals surface area contributed by atoms with Crippen LogP contribution in [0.25, 0.3) is 10.8 Å². The van der Waals surface area contributed by atoms with Crippen molar-refractivity contribution in [2.24, 2.45) is 0 Å². The minimum atomic E-state index is -1.35. The predicted octanol–water partition coefficient (Wildman–Crippen LogP) is 2.01. The summed E-state index contributed by atoms with van der Waals surface area (Å²) in [6.07, 6.45) is 8.46. The largest absolute Gasteiger partial charge is 0.497 e. The zero-order valence-corrected chi connectivity index (χ0v) is 15.9. The van der Waals surface area contributed by atoms with Crippen LogP contribution in [0.4, 0.5) is 4.79 Å². The molecule has 2 fully saturated rings. The van der Waals surface area contributed by atoms with Gasteiger partial charge in [-0.15, -0.1) is 0 Å². The number of fused-ring (bicyclic) bond motifs is 1. The van der Waals surface area contributed by atoms with E-state index in [4.69, 9.17) is 4.74 Å². The minimum absolute atomic E-state index is 0.00129. The van der Waals surface area contributed by atoms with Gasteiger partial charge in [-0.3, -0.25) is 14.8 Å². The average molecular weight is 395 g/mol. The number of ether oxygens (including phenoxy) is 1. The molecule has 1 aliphatic heterocycles. The highest BCUT2D eigenvalue weighted by Crippen LogP contribution is 2.36. The highest BCUT2D eigenvalue weighted by Gasteiger charge is 2.49. The van der Waals surface area contributed by atoms with Crippen molar-refractivity contribution in [2.75, 3.05) is 7.11 Å². The molecule has 5 rings (SSSR count). The first-order valence-electron chi connectivity index (χ1n) is 9.54. The van der Waals surface area contributed by atoms with Gasteiger partial charge >= 0.3 is 6.03 Å². The number of hydrogen-bond acceptors (Lipinski definition) is 5. The van der Waals surface area contributed by atoms with Gasteiger partial charge in [0.05, 0.1) is 25.9 Å². The van der Waals surface area contributed by atoms with Crippen LogP contribution >= 0.6 is 0 Å². The summed E-state index contributed by atoms with van der Waals surface area (Å²) in [6, 6.07) is 5.13. The van der Waals surface area contributed by atoms with Gasteiger partial charge in [0.15, 0.2) is 11.4 Å². The Kier molecular flexibility index (Phi) is 3.80. The lowest BCUT2D eigenvalue weighted by Crippen LogP contribution is -2.47. The number of benzene rings is 1. The van der Waals surface area contributed by atoms with E-state index in [9.17, 15) is 14.7 Å². The number of nitrogens with zero attached hydrogens (tertiary/aromatic N) is 3. The van der Waals surface area contributed by atoms with Gasteiger partial charge in [0.2, 0.25) is 0 Å².